The first-order chi connectivity index (χ1) is 9.45. The molecule has 1 atom stereocenters. The summed E-state index contributed by atoms with van der Waals surface area (Å²) in [6.07, 6.45) is 0. The number of rotatable bonds is 3. The molecule has 2 nitrogen and oxygen atoms in total. The molecule has 1 unspecified atom stereocenters. The Kier molecular flexibility index (Phi) is 4.85. The van der Waals surface area contributed by atoms with Crippen LogP contribution in [0.2, 0.25) is 0 Å². The minimum Gasteiger partial charge on any atom is -0.271 e. The van der Waals surface area contributed by atoms with Crippen molar-refractivity contribution >= 4 is 31.9 Å². The lowest BCUT2D eigenvalue weighted by Crippen LogP contribution is -2.30. The standard InChI is InChI=1S/C13H9Br2F3N2/c14-6-1-2-7(9(15)5-6)13(20-19)8-3-4-10(16)12(18)11(8)17/h1-5,13,20H,19H2. The molecule has 0 bridgehead atoms. The Morgan fingerprint density at radius 2 is 1.60 bits per heavy atom. The molecule has 2 aromatic carbocycles. The predicted molar refractivity (Wildman–Crippen MR) is 77.3 cm³/mol. The van der Waals surface area contributed by atoms with E-state index >= 15 is 0 Å². The maximum atomic E-state index is 13.9. The van der Waals surface area contributed by atoms with E-state index in [1.54, 1.807) is 18.2 Å². The molecule has 0 saturated carbocycles. The van der Waals surface area contributed by atoms with Crippen molar-refractivity contribution in [2.75, 3.05) is 0 Å². The predicted octanol–water partition coefficient (Wildman–Crippen LogP) is 4.18. The maximum absolute atomic E-state index is 13.9. The Labute approximate surface area is 130 Å². The van der Waals surface area contributed by atoms with Crippen LogP contribution in [0, 0.1) is 17.5 Å². The van der Waals surface area contributed by atoms with Gasteiger partial charge in [0.05, 0.1) is 6.04 Å². The Bertz CT molecular complexity index is 650. The monoisotopic (exact) mass is 408 g/mol. The van der Waals surface area contributed by atoms with E-state index in [-0.39, 0.29) is 5.56 Å². The molecule has 2 rings (SSSR count). The molecule has 0 aliphatic heterocycles. The van der Waals surface area contributed by atoms with E-state index < -0.39 is 23.5 Å². The molecule has 7 heteroatoms. The van der Waals surface area contributed by atoms with E-state index in [2.05, 4.69) is 37.3 Å². The van der Waals surface area contributed by atoms with Gasteiger partial charge < -0.3 is 0 Å². The number of hydrazine groups is 1. The van der Waals surface area contributed by atoms with Gasteiger partial charge in [0, 0.05) is 14.5 Å². The molecule has 0 heterocycles. The number of hydrogen-bond acceptors (Lipinski definition) is 2. The fraction of sp³-hybridized carbons (Fsp3) is 0.0769. The Hall–Kier alpha value is -0.890. The Morgan fingerprint density at radius 1 is 0.950 bits per heavy atom. The van der Waals surface area contributed by atoms with Crippen molar-refractivity contribution in [1.29, 1.82) is 0 Å². The molecule has 0 aliphatic carbocycles. The van der Waals surface area contributed by atoms with Crippen LogP contribution in [0.5, 0.6) is 0 Å². The first-order valence-corrected chi connectivity index (χ1v) is 7.08. The minimum absolute atomic E-state index is 0.0746. The number of nitrogens with one attached hydrogen (secondary N) is 1. The third-order valence-electron chi connectivity index (χ3n) is 2.82. The number of halogens is 5. The highest BCUT2D eigenvalue weighted by Gasteiger charge is 2.23. The van der Waals surface area contributed by atoms with Crippen molar-refractivity contribution in [2.24, 2.45) is 5.84 Å². The zero-order chi connectivity index (χ0) is 14.9. The van der Waals surface area contributed by atoms with Crippen molar-refractivity contribution < 1.29 is 13.2 Å². The van der Waals surface area contributed by atoms with Crippen molar-refractivity contribution in [3.63, 3.8) is 0 Å². The summed E-state index contributed by atoms with van der Waals surface area (Å²) in [5.74, 6) is 1.42. The lowest BCUT2D eigenvalue weighted by molar-refractivity contribution is 0.433. The van der Waals surface area contributed by atoms with Gasteiger partial charge in [0.15, 0.2) is 17.5 Å². The first-order valence-electron chi connectivity index (χ1n) is 5.50. The molecule has 0 spiro atoms. The third-order valence-corrected chi connectivity index (χ3v) is 4.00. The molecule has 20 heavy (non-hydrogen) atoms. The van der Waals surface area contributed by atoms with Crippen molar-refractivity contribution in [2.45, 2.75) is 6.04 Å². The molecule has 0 aromatic heterocycles. The smallest absolute Gasteiger partial charge is 0.194 e. The summed E-state index contributed by atoms with van der Waals surface area (Å²) in [4.78, 5) is 0. The summed E-state index contributed by atoms with van der Waals surface area (Å²) in [6.45, 7) is 0. The second-order valence-corrected chi connectivity index (χ2v) is 5.80. The molecule has 2 aromatic rings. The van der Waals surface area contributed by atoms with Crippen LogP contribution in [0.1, 0.15) is 17.2 Å². The third kappa shape index (κ3) is 2.90. The maximum Gasteiger partial charge on any atom is 0.194 e. The van der Waals surface area contributed by atoms with Gasteiger partial charge in [-0.3, -0.25) is 5.84 Å². The fourth-order valence-electron chi connectivity index (χ4n) is 1.85. The van der Waals surface area contributed by atoms with E-state index in [0.717, 1.165) is 16.6 Å². The minimum atomic E-state index is -1.52. The average molecular weight is 410 g/mol. The lowest BCUT2D eigenvalue weighted by Gasteiger charge is -2.19. The second kappa shape index (κ2) is 6.26. The molecule has 0 aliphatic rings. The van der Waals surface area contributed by atoms with Crippen LogP contribution in [0.15, 0.2) is 39.3 Å². The van der Waals surface area contributed by atoms with Gasteiger partial charge in [-0.05, 0) is 23.8 Å². The molecule has 0 fully saturated rings. The number of nitrogens with two attached hydrogens (primary N) is 1. The van der Waals surface area contributed by atoms with E-state index in [0.29, 0.717) is 10.0 Å². The van der Waals surface area contributed by atoms with Gasteiger partial charge in [0.1, 0.15) is 0 Å². The van der Waals surface area contributed by atoms with Gasteiger partial charge in [0.25, 0.3) is 0 Å². The lowest BCUT2D eigenvalue weighted by atomic mass is 9.98. The van der Waals surface area contributed by atoms with Gasteiger partial charge in [-0.25, -0.2) is 18.6 Å². The summed E-state index contributed by atoms with van der Waals surface area (Å²) in [7, 11) is 0. The van der Waals surface area contributed by atoms with Crippen LogP contribution in [0.4, 0.5) is 13.2 Å². The van der Waals surface area contributed by atoms with E-state index in [1.807, 2.05) is 0 Å². The van der Waals surface area contributed by atoms with Gasteiger partial charge in [-0.1, -0.05) is 44.0 Å². The summed E-state index contributed by atoms with van der Waals surface area (Å²) in [6, 6.07) is 6.39. The van der Waals surface area contributed by atoms with Gasteiger partial charge in [-0.2, -0.15) is 0 Å². The van der Waals surface area contributed by atoms with Crippen LogP contribution in [-0.4, -0.2) is 0 Å². The van der Waals surface area contributed by atoms with Crippen molar-refractivity contribution in [1.82, 2.24) is 5.43 Å². The highest BCUT2D eigenvalue weighted by atomic mass is 79.9. The SMILES string of the molecule is NNC(c1ccc(Br)cc1Br)c1ccc(F)c(F)c1F. The topological polar surface area (TPSA) is 38.0 Å². The molecule has 106 valence electrons. The van der Waals surface area contributed by atoms with Crippen LogP contribution < -0.4 is 11.3 Å². The normalized spacial score (nSPS) is 12.5. The molecular weight excluding hydrogens is 401 g/mol. The van der Waals surface area contributed by atoms with Gasteiger partial charge >= 0.3 is 0 Å². The van der Waals surface area contributed by atoms with Gasteiger partial charge in [0.2, 0.25) is 0 Å². The fourth-order valence-corrected chi connectivity index (χ4v) is 3.12. The molecule has 0 saturated heterocycles. The summed E-state index contributed by atoms with van der Waals surface area (Å²) in [5.41, 5.74) is 2.93. The zero-order valence-corrected chi connectivity index (χ0v) is 13.1. The average Bonchev–Trinajstić information content (AvgIpc) is 2.41. The zero-order valence-electron chi connectivity index (χ0n) is 9.93. The number of benzene rings is 2. The molecular formula is C13H9Br2F3N2. The number of hydrogen-bond donors (Lipinski definition) is 2. The first kappa shape index (κ1) is 15.5. The van der Waals surface area contributed by atoms with Crippen LogP contribution in [0.3, 0.4) is 0 Å². The molecule has 0 amide bonds. The van der Waals surface area contributed by atoms with E-state index in [4.69, 9.17) is 5.84 Å². The highest BCUT2D eigenvalue weighted by molar-refractivity contribution is 9.11. The summed E-state index contributed by atoms with van der Waals surface area (Å²) < 4.78 is 41.6. The summed E-state index contributed by atoms with van der Waals surface area (Å²) >= 11 is 6.62. The summed E-state index contributed by atoms with van der Waals surface area (Å²) in [5, 5.41) is 0. The van der Waals surface area contributed by atoms with Gasteiger partial charge in [-0.15, -0.1) is 0 Å². The van der Waals surface area contributed by atoms with Crippen LogP contribution in [-0.2, 0) is 0 Å². The molecule has 0 radical (unpaired) electrons. The van der Waals surface area contributed by atoms with E-state index in [1.165, 1.54) is 0 Å². The second-order valence-electron chi connectivity index (χ2n) is 4.03. The van der Waals surface area contributed by atoms with E-state index in [9.17, 15) is 13.2 Å². The van der Waals surface area contributed by atoms with Crippen LogP contribution in [0.25, 0.3) is 0 Å². The largest absolute Gasteiger partial charge is 0.271 e. The highest BCUT2D eigenvalue weighted by Crippen LogP contribution is 2.32. The Balaban J connectivity index is 2.55. The quantitative estimate of drug-likeness (QED) is 0.453. The van der Waals surface area contributed by atoms with Crippen molar-refractivity contribution in [3.8, 4) is 0 Å². The van der Waals surface area contributed by atoms with Crippen LogP contribution >= 0.6 is 31.9 Å². The Morgan fingerprint density at radius 3 is 2.20 bits per heavy atom. The van der Waals surface area contributed by atoms with Crippen molar-refractivity contribution in [3.05, 3.63) is 67.9 Å². The molecule has 3 N–H and O–H groups in total.